The topological polar surface area (TPSA) is 27.7 Å². The van der Waals surface area contributed by atoms with E-state index in [1.165, 1.54) is 12.1 Å². The predicted octanol–water partition coefficient (Wildman–Crippen LogP) is 4.09. The molecule has 0 fully saturated rings. The van der Waals surface area contributed by atoms with Crippen LogP contribution in [0.2, 0.25) is 6.04 Å². The summed E-state index contributed by atoms with van der Waals surface area (Å²) in [7, 11) is 0.211. The Hall–Kier alpha value is -0.823. The SMILES string of the molecule is CC(C)OC(O[Si]CCCc1ccc(F)cc1F)OC(C)C. The van der Waals surface area contributed by atoms with Gasteiger partial charge in [0.05, 0.1) is 12.2 Å². The van der Waals surface area contributed by atoms with Gasteiger partial charge in [0.15, 0.2) is 0 Å². The van der Waals surface area contributed by atoms with Crippen molar-refractivity contribution in [1.82, 2.24) is 0 Å². The van der Waals surface area contributed by atoms with Gasteiger partial charge in [-0.05, 0) is 58.2 Å². The second kappa shape index (κ2) is 10.0. The summed E-state index contributed by atoms with van der Waals surface area (Å²) in [6, 6.07) is 4.45. The summed E-state index contributed by atoms with van der Waals surface area (Å²) in [4.78, 5) is 0. The number of hydrogen-bond donors (Lipinski definition) is 0. The fourth-order valence-corrected chi connectivity index (χ4v) is 2.42. The molecule has 124 valence electrons. The van der Waals surface area contributed by atoms with Crippen LogP contribution in [0.5, 0.6) is 0 Å². The van der Waals surface area contributed by atoms with E-state index in [1.54, 1.807) is 0 Å². The van der Waals surface area contributed by atoms with Crippen LogP contribution in [0.1, 0.15) is 39.7 Å². The Morgan fingerprint density at radius 3 is 2.23 bits per heavy atom. The summed E-state index contributed by atoms with van der Waals surface area (Å²) < 4.78 is 42.9. The van der Waals surface area contributed by atoms with Gasteiger partial charge >= 0.3 is 0 Å². The highest BCUT2D eigenvalue weighted by molar-refractivity contribution is 6.27. The lowest BCUT2D eigenvalue weighted by Crippen LogP contribution is -2.28. The number of aryl methyl sites for hydroxylation is 1. The van der Waals surface area contributed by atoms with Gasteiger partial charge in [0.1, 0.15) is 11.6 Å². The van der Waals surface area contributed by atoms with E-state index in [9.17, 15) is 8.78 Å². The summed E-state index contributed by atoms with van der Waals surface area (Å²) in [5, 5.41) is 0. The molecule has 0 amide bonds. The van der Waals surface area contributed by atoms with Gasteiger partial charge in [-0.2, -0.15) is 0 Å². The molecule has 0 N–H and O–H groups in total. The number of rotatable bonds is 10. The predicted molar refractivity (Wildman–Crippen MR) is 82.6 cm³/mol. The number of benzene rings is 1. The molecule has 6 heteroatoms. The molecule has 0 bridgehead atoms. The average Bonchev–Trinajstić information content (AvgIpc) is 2.39. The van der Waals surface area contributed by atoms with Crippen LogP contribution in [0.3, 0.4) is 0 Å². The van der Waals surface area contributed by atoms with E-state index in [2.05, 4.69) is 0 Å². The molecule has 3 nitrogen and oxygen atoms in total. The van der Waals surface area contributed by atoms with Crippen LogP contribution >= 0.6 is 0 Å². The Labute approximate surface area is 133 Å². The molecule has 0 aromatic heterocycles. The standard InChI is InChI=1S/C16H24F2O3Si/c1-11(2)19-16(20-12(3)4)21-22-9-5-6-13-7-8-14(17)10-15(13)18/h7-8,10-12,16H,5-6,9H2,1-4H3. The van der Waals surface area contributed by atoms with E-state index < -0.39 is 18.1 Å². The minimum Gasteiger partial charge on any atom is -0.372 e. The second-order valence-corrected chi connectivity index (χ2v) is 6.53. The Balaban J connectivity index is 2.27. The molecule has 0 aliphatic rings. The second-order valence-electron chi connectivity index (χ2n) is 5.51. The zero-order chi connectivity index (χ0) is 16.5. The highest BCUT2D eigenvalue weighted by Crippen LogP contribution is 2.13. The Kier molecular flexibility index (Phi) is 8.78. The lowest BCUT2D eigenvalue weighted by Gasteiger charge is -2.22. The first kappa shape index (κ1) is 19.2. The van der Waals surface area contributed by atoms with E-state index in [1.807, 2.05) is 27.7 Å². The van der Waals surface area contributed by atoms with Gasteiger partial charge in [0.25, 0.3) is 6.48 Å². The van der Waals surface area contributed by atoms with Crippen molar-refractivity contribution in [3.63, 3.8) is 0 Å². The van der Waals surface area contributed by atoms with Gasteiger partial charge in [-0.15, -0.1) is 0 Å². The van der Waals surface area contributed by atoms with Crippen molar-refractivity contribution in [1.29, 1.82) is 0 Å². The summed E-state index contributed by atoms with van der Waals surface area (Å²) in [6.45, 7) is 7.00. The average molecular weight is 330 g/mol. The zero-order valence-electron chi connectivity index (χ0n) is 13.6. The molecule has 1 rings (SSSR count). The molecular weight excluding hydrogens is 306 g/mol. The monoisotopic (exact) mass is 330 g/mol. The molecule has 0 unspecified atom stereocenters. The number of ether oxygens (including phenoxy) is 2. The fraction of sp³-hybridized carbons (Fsp3) is 0.625. The molecule has 0 aliphatic carbocycles. The molecule has 0 spiro atoms. The lowest BCUT2D eigenvalue weighted by molar-refractivity contribution is -0.275. The van der Waals surface area contributed by atoms with Gasteiger partial charge in [0.2, 0.25) is 9.76 Å². The molecular formula is C16H24F2O3Si. The van der Waals surface area contributed by atoms with Crippen LogP contribution in [-0.4, -0.2) is 28.4 Å². The summed E-state index contributed by atoms with van der Waals surface area (Å²) in [5.74, 6) is -1.04. The molecule has 1 aromatic rings. The third-order valence-electron chi connectivity index (χ3n) is 2.69. The minimum absolute atomic E-state index is 0.0156. The first-order chi connectivity index (χ1) is 10.4. The summed E-state index contributed by atoms with van der Waals surface area (Å²) in [5.41, 5.74) is 0.527. The van der Waals surface area contributed by atoms with Crippen molar-refractivity contribution < 1.29 is 22.7 Å². The first-order valence-corrected chi connectivity index (χ1v) is 8.63. The normalized spacial score (nSPS) is 11.9. The molecule has 0 heterocycles. The van der Waals surface area contributed by atoms with Crippen LogP contribution < -0.4 is 0 Å². The van der Waals surface area contributed by atoms with E-state index in [0.29, 0.717) is 12.0 Å². The van der Waals surface area contributed by atoms with Crippen LogP contribution in [0, 0.1) is 11.6 Å². The fourth-order valence-electron chi connectivity index (χ4n) is 1.73. The summed E-state index contributed by atoms with van der Waals surface area (Å²) >= 11 is 0. The smallest absolute Gasteiger partial charge is 0.262 e. The maximum absolute atomic E-state index is 13.5. The number of hydrogen-bond acceptors (Lipinski definition) is 3. The van der Waals surface area contributed by atoms with Crippen LogP contribution in [0.15, 0.2) is 18.2 Å². The highest BCUT2D eigenvalue weighted by Gasteiger charge is 2.14. The van der Waals surface area contributed by atoms with E-state index in [-0.39, 0.29) is 22.0 Å². The Morgan fingerprint density at radius 1 is 1.05 bits per heavy atom. The van der Waals surface area contributed by atoms with Crippen molar-refractivity contribution >= 4 is 9.76 Å². The molecule has 0 saturated carbocycles. The first-order valence-electron chi connectivity index (χ1n) is 7.52. The van der Waals surface area contributed by atoms with E-state index >= 15 is 0 Å². The quantitative estimate of drug-likeness (QED) is 0.367. The van der Waals surface area contributed by atoms with Gasteiger partial charge in [-0.25, -0.2) is 8.78 Å². The maximum atomic E-state index is 13.5. The molecule has 22 heavy (non-hydrogen) atoms. The van der Waals surface area contributed by atoms with Crippen LogP contribution in [0.25, 0.3) is 0 Å². The van der Waals surface area contributed by atoms with Crippen molar-refractivity contribution in [3.05, 3.63) is 35.4 Å². The Morgan fingerprint density at radius 2 is 1.68 bits per heavy atom. The van der Waals surface area contributed by atoms with Gasteiger partial charge < -0.3 is 13.9 Å². The summed E-state index contributed by atoms with van der Waals surface area (Å²) in [6.07, 6.45) is 1.35. The largest absolute Gasteiger partial charge is 0.372 e. The van der Waals surface area contributed by atoms with Crippen molar-refractivity contribution in [2.24, 2.45) is 0 Å². The van der Waals surface area contributed by atoms with Gasteiger partial charge in [0, 0.05) is 6.07 Å². The third kappa shape index (κ3) is 7.98. The van der Waals surface area contributed by atoms with Crippen molar-refractivity contribution in [3.8, 4) is 0 Å². The molecule has 2 radical (unpaired) electrons. The molecule has 0 saturated heterocycles. The van der Waals surface area contributed by atoms with Crippen molar-refractivity contribution in [2.75, 3.05) is 0 Å². The van der Waals surface area contributed by atoms with Gasteiger partial charge in [-0.1, -0.05) is 6.07 Å². The van der Waals surface area contributed by atoms with Crippen LogP contribution in [0.4, 0.5) is 8.78 Å². The van der Waals surface area contributed by atoms with Gasteiger partial charge in [-0.3, -0.25) is 0 Å². The minimum atomic E-state index is -0.666. The van der Waals surface area contributed by atoms with Crippen molar-refractivity contribution in [2.45, 2.75) is 65.3 Å². The highest BCUT2D eigenvalue weighted by atomic mass is 28.2. The molecule has 0 atom stereocenters. The Bertz CT molecular complexity index is 431. The maximum Gasteiger partial charge on any atom is 0.262 e. The third-order valence-corrected chi connectivity index (χ3v) is 3.60. The zero-order valence-corrected chi connectivity index (χ0v) is 14.6. The number of halogens is 2. The lowest BCUT2D eigenvalue weighted by atomic mass is 10.1. The van der Waals surface area contributed by atoms with Crippen LogP contribution in [-0.2, 0) is 20.3 Å². The van der Waals surface area contributed by atoms with E-state index in [0.717, 1.165) is 18.5 Å². The molecule has 1 aromatic carbocycles. The van der Waals surface area contributed by atoms with E-state index in [4.69, 9.17) is 13.9 Å². The molecule has 0 aliphatic heterocycles.